The molecule has 0 spiro atoms. The van der Waals surface area contributed by atoms with Crippen LogP contribution in [0.5, 0.6) is 0 Å². The zero-order chi connectivity index (χ0) is 13.6. The van der Waals surface area contributed by atoms with Crippen LogP contribution in [0.4, 0.5) is 0 Å². The van der Waals surface area contributed by atoms with E-state index < -0.39 is 0 Å². The van der Waals surface area contributed by atoms with E-state index >= 15 is 0 Å². The lowest BCUT2D eigenvalue weighted by Gasteiger charge is -2.20. The van der Waals surface area contributed by atoms with Crippen molar-refractivity contribution in [2.45, 2.75) is 46.6 Å². The molecule has 0 aliphatic carbocycles. The van der Waals surface area contributed by atoms with Crippen molar-refractivity contribution in [1.29, 1.82) is 0 Å². The molecule has 1 N–H and O–H groups in total. The van der Waals surface area contributed by atoms with Crippen molar-refractivity contribution in [3.8, 4) is 0 Å². The molecular weight excluding hydrogens is 222 g/mol. The van der Waals surface area contributed by atoms with Crippen LogP contribution < -0.4 is 5.32 Å². The predicted molar refractivity (Wildman–Crippen MR) is 78.2 cm³/mol. The summed E-state index contributed by atoms with van der Waals surface area (Å²) in [5.41, 5.74) is 4.26. The third-order valence-corrected chi connectivity index (χ3v) is 2.92. The maximum atomic E-state index is 5.67. The number of hydrogen-bond donors (Lipinski definition) is 1. The average molecular weight is 249 g/mol. The molecule has 0 aliphatic heterocycles. The Morgan fingerprint density at radius 1 is 1.11 bits per heavy atom. The monoisotopic (exact) mass is 249 g/mol. The molecule has 0 saturated carbocycles. The molecule has 0 heterocycles. The number of rotatable bonds is 6. The lowest BCUT2D eigenvalue weighted by Crippen LogP contribution is -2.38. The molecule has 0 fully saturated rings. The van der Waals surface area contributed by atoms with E-state index in [0.29, 0.717) is 0 Å². The van der Waals surface area contributed by atoms with Crippen molar-refractivity contribution >= 4 is 0 Å². The van der Waals surface area contributed by atoms with Crippen LogP contribution in [0.15, 0.2) is 18.2 Å². The van der Waals surface area contributed by atoms with Crippen molar-refractivity contribution in [3.05, 3.63) is 34.9 Å². The molecular formula is C16H27NO. The van der Waals surface area contributed by atoms with Crippen LogP contribution in [0, 0.1) is 13.8 Å². The van der Waals surface area contributed by atoms with Crippen molar-refractivity contribution in [2.24, 2.45) is 0 Å². The molecule has 2 heteroatoms. The van der Waals surface area contributed by atoms with Gasteiger partial charge >= 0.3 is 0 Å². The highest BCUT2D eigenvalue weighted by molar-refractivity contribution is 5.30. The number of ether oxygens (including phenoxy) is 1. The zero-order valence-electron chi connectivity index (χ0n) is 12.5. The van der Waals surface area contributed by atoms with Crippen LogP contribution in [-0.2, 0) is 11.2 Å². The summed E-state index contributed by atoms with van der Waals surface area (Å²) in [5.74, 6) is 0. The van der Waals surface area contributed by atoms with E-state index in [2.05, 4.69) is 58.1 Å². The molecule has 1 aromatic rings. The number of benzene rings is 1. The summed E-state index contributed by atoms with van der Waals surface area (Å²) >= 11 is 0. The van der Waals surface area contributed by atoms with Crippen molar-refractivity contribution in [1.82, 2.24) is 5.32 Å². The summed E-state index contributed by atoms with van der Waals surface area (Å²) in [6.45, 7) is 13.3. The van der Waals surface area contributed by atoms with Gasteiger partial charge in [0.05, 0.1) is 13.2 Å². The summed E-state index contributed by atoms with van der Waals surface area (Å²) < 4.78 is 5.67. The second kappa shape index (κ2) is 6.91. The standard InChI is InChI=1S/C16H27NO/c1-13-6-7-14(2)15(12-13)8-10-18-11-9-17-16(3,4)5/h6-7,12,17H,8-11H2,1-5H3. The van der Waals surface area contributed by atoms with Crippen LogP contribution in [0.25, 0.3) is 0 Å². The van der Waals surface area contributed by atoms with Gasteiger partial charge in [0.1, 0.15) is 0 Å². The van der Waals surface area contributed by atoms with Crippen LogP contribution >= 0.6 is 0 Å². The van der Waals surface area contributed by atoms with Crippen LogP contribution in [0.2, 0.25) is 0 Å². The molecule has 0 unspecified atom stereocenters. The summed E-state index contributed by atoms with van der Waals surface area (Å²) in [7, 11) is 0. The van der Waals surface area contributed by atoms with Crippen LogP contribution in [-0.4, -0.2) is 25.3 Å². The molecule has 0 atom stereocenters. The molecule has 1 rings (SSSR count). The first-order chi connectivity index (χ1) is 8.38. The average Bonchev–Trinajstić information content (AvgIpc) is 2.26. The summed E-state index contributed by atoms with van der Waals surface area (Å²) in [4.78, 5) is 0. The fourth-order valence-electron chi connectivity index (χ4n) is 1.85. The van der Waals surface area contributed by atoms with Gasteiger partial charge in [0.2, 0.25) is 0 Å². The SMILES string of the molecule is Cc1ccc(C)c(CCOCCNC(C)(C)C)c1. The Kier molecular flexibility index (Phi) is 5.83. The van der Waals surface area contributed by atoms with E-state index in [1.165, 1.54) is 16.7 Å². The smallest absolute Gasteiger partial charge is 0.0591 e. The Bertz CT molecular complexity index is 366. The van der Waals surface area contributed by atoms with Crippen LogP contribution in [0.3, 0.4) is 0 Å². The summed E-state index contributed by atoms with van der Waals surface area (Å²) in [6.07, 6.45) is 1.00. The Morgan fingerprint density at radius 2 is 1.83 bits per heavy atom. The quantitative estimate of drug-likeness (QED) is 0.781. The van der Waals surface area contributed by atoms with Gasteiger partial charge in [0, 0.05) is 12.1 Å². The third-order valence-electron chi connectivity index (χ3n) is 2.92. The van der Waals surface area contributed by atoms with Gasteiger partial charge in [-0.05, 0) is 52.2 Å². The molecule has 2 nitrogen and oxygen atoms in total. The lowest BCUT2D eigenvalue weighted by atomic mass is 10.0. The Labute approximate surface area is 112 Å². The molecule has 102 valence electrons. The fraction of sp³-hybridized carbons (Fsp3) is 0.625. The molecule has 0 radical (unpaired) electrons. The first kappa shape index (κ1) is 15.2. The molecule has 1 aromatic carbocycles. The van der Waals surface area contributed by atoms with E-state index in [4.69, 9.17) is 4.74 Å². The van der Waals surface area contributed by atoms with Gasteiger partial charge in [-0.25, -0.2) is 0 Å². The second-order valence-electron chi connectivity index (χ2n) is 5.97. The molecule has 0 saturated heterocycles. The van der Waals surface area contributed by atoms with Gasteiger partial charge in [-0.2, -0.15) is 0 Å². The van der Waals surface area contributed by atoms with Gasteiger partial charge in [0.25, 0.3) is 0 Å². The highest BCUT2D eigenvalue weighted by Crippen LogP contribution is 2.11. The minimum absolute atomic E-state index is 0.177. The Morgan fingerprint density at radius 3 is 2.50 bits per heavy atom. The minimum Gasteiger partial charge on any atom is -0.380 e. The maximum Gasteiger partial charge on any atom is 0.0591 e. The number of aryl methyl sites for hydroxylation is 2. The van der Waals surface area contributed by atoms with Gasteiger partial charge in [0.15, 0.2) is 0 Å². The van der Waals surface area contributed by atoms with E-state index in [0.717, 1.165) is 26.2 Å². The normalized spacial score (nSPS) is 11.8. The van der Waals surface area contributed by atoms with E-state index in [1.54, 1.807) is 0 Å². The Hall–Kier alpha value is -0.860. The van der Waals surface area contributed by atoms with Gasteiger partial charge in [-0.1, -0.05) is 23.8 Å². The first-order valence-electron chi connectivity index (χ1n) is 6.77. The van der Waals surface area contributed by atoms with Gasteiger partial charge in [-0.3, -0.25) is 0 Å². The lowest BCUT2D eigenvalue weighted by molar-refractivity contribution is 0.133. The summed E-state index contributed by atoms with van der Waals surface area (Å²) in [6, 6.07) is 6.60. The molecule has 18 heavy (non-hydrogen) atoms. The van der Waals surface area contributed by atoms with E-state index in [-0.39, 0.29) is 5.54 Å². The number of nitrogens with one attached hydrogen (secondary N) is 1. The van der Waals surface area contributed by atoms with E-state index in [1.807, 2.05) is 0 Å². The highest BCUT2D eigenvalue weighted by Gasteiger charge is 2.07. The van der Waals surface area contributed by atoms with Crippen LogP contribution in [0.1, 0.15) is 37.5 Å². The van der Waals surface area contributed by atoms with Gasteiger partial charge in [-0.15, -0.1) is 0 Å². The molecule has 0 aromatic heterocycles. The molecule has 0 amide bonds. The third kappa shape index (κ3) is 6.18. The van der Waals surface area contributed by atoms with E-state index in [9.17, 15) is 0 Å². The Balaban J connectivity index is 2.20. The summed E-state index contributed by atoms with van der Waals surface area (Å²) in [5, 5.41) is 3.42. The molecule has 0 aliphatic rings. The maximum absolute atomic E-state index is 5.67. The zero-order valence-corrected chi connectivity index (χ0v) is 12.5. The minimum atomic E-state index is 0.177. The number of hydrogen-bond acceptors (Lipinski definition) is 2. The van der Waals surface area contributed by atoms with Crippen molar-refractivity contribution < 1.29 is 4.74 Å². The topological polar surface area (TPSA) is 21.3 Å². The highest BCUT2D eigenvalue weighted by atomic mass is 16.5. The van der Waals surface area contributed by atoms with Gasteiger partial charge < -0.3 is 10.1 Å². The predicted octanol–water partition coefficient (Wildman–Crippen LogP) is 3.25. The second-order valence-corrected chi connectivity index (χ2v) is 5.97. The fourth-order valence-corrected chi connectivity index (χ4v) is 1.85. The van der Waals surface area contributed by atoms with Crippen molar-refractivity contribution in [2.75, 3.05) is 19.8 Å². The molecule has 0 bridgehead atoms. The largest absolute Gasteiger partial charge is 0.380 e. The first-order valence-corrected chi connectivity index (χ1v) is 6.77. The van der Waals surface area contributed by atoms with Crippen molar-refractivity contribution in [3.63, 3.8) is 0 Å².